The average molecular weight is 277 g/mol. The fraction of sp³-hybridized carbons (Fsp3) is 0.647. The van der Waals surface area contributed by atoms with Crippen molar-refractivity contribution in [2.24, 2.45) is 0 Å². The highest BCUT2D eigenvalue weighted by Gasteiger charge is 2.12. The van der Waals surface area contributed by atoms with Crippen LogP contribution in [0.2, 0.25) is 0 Å². The molecule has 112 valence electrons. The number of rotatable bonds is 8. The Morgan fingerprint density at radius 3 is 2.55 bits per heavy atom. The molecule has 1 N–H and O–H groups in total. The lowest BCUT2D eigenvalue weighted by Gasteiger charge is -2.21. The van der Waals surface area contributed by atoms with E-state index >= 15 is 0 Å². The third kappa shape index (κ3) is 5.51. The maximum atomic E-state index is 5.91. The van der Waals surface area contributed by atoms with Crippen LogP contribution in [0.25, 0.3) is 0 Å². The first kappa shape index (κ1) is 15.3. The van der Waals surface area contributed by atoms with E-state index in [1.807, 2.05) is 12.1 Å². The summed E-state index contributed by atoms with van der Waals surface area (Å²) in [6.45, 7) is 2.81. The predicted octanol–water partition coefficient (Wildman–Crippen LogP) is 3.52. The molecule has 0 atom stereocenters. The molecule has 1 aliphatic carbocycles. The Kier molecular flexibility index (Phi) is 6.89. The van der Waals surface area contributed by atoms with Gasteiger partial charge in [0.05, 0.1) is 13.2 Å². The molecule has 0 amide bonds. The van der Waals surface area contributed by atoms with E-state index in [2.05, 4.69) is 17.4 Å². The molecule has 0 aromatic heterocycles. The number of ether oxygens (including phenoxy) is 2. The molecule has 20 heavy (non-hydrogen) atoms. The van der Waals surface area contributed by atoms with Crippen LogP contribution >= 0.6 is 0 Å². The van der Waals surface area contributed by atoms with Crippen molar-refractivity contribution in [1.29, 1.82) is 0 Å². The Labute approximate surface area is 122 Å². The third-order valence-electron chi connectivity index (χ3n) is 3.89. The quantitative estimate of drug-likeness (QED) is 0.737. The monoisotopic (exact) mass is 277 g/mol. The van der Waals surface area contributed by atoms with Gasteiger partial charge in [-0.05, 0) is 43.5 Å². The number of benzene rings is 1. The van der Waals surface area contributed by atoms with Gasteiger partial charge >= 0.3 is 0 Å². The molecule has 0 heterocycles. The van der Waals surface area contributed by atoms with Gasteiger partial charge in [0, 0.05) is 13.2 Å². The smallest absolute Gasteiger partial charge is 0.118 e. The van der Waals surface area contributed by atoms with Crippen molar-refractivity contribution in [2.75, 3.05) is 20.3 Å². The largest absolute Gasteiger partial charge is 0.497 e. The fourth-order valence-corrected chi connectivity index (χ4v) is 2.66. The maximum Gasteiger partial charge on any atom is 0.118 e. The summed E-state index contributed by atoms with van der Waals surface area (Å²) in [6.07, 6.45) is 8.24. The van der Waals surface area contributed by atoms with Crippen molar-refractivity contribution in [1.82, 2.24) is 5.32 Å². The molecular formula is C17H27NO2. The molecular weight excluding hydrogens is 250 g/mol. The highest BCUT2D eigenvalue weighted by molar-refractivity contribution is 5.26. The molecule has 0 radical (unpaired) electrons. The van der Waals surface area contributed by atoms with Gasteiger partial charge in [0.1, 0.15) is 5.75 Å². The van der Waals surface area contributed by atoms with E-state index in [1.54, 1.807) is 7.11 Å². The summed E-state index contributed by atoms with van der Waals surface area (Å²) in [5.74, 6) is 0.912. The highest BCUT2D eigenvalue weighted by atomic mass is 16.5. The highest BCUT2D eigenvalue weighted by Crippen LogP contribution is 2.20. The molecule has 3 heteroatoms. The van der Waals surface area contributed by atoms with Gasteiger partial charge in [-0.3, -0.25) is 0 Å². The summed E-state index contributed by atoms with van der Waals surface area (Å²) >= 11 is 0. The first-order chi connectivity index (χ1) is 9.88. The fourth-order valence-electron chi connectivity index (χ4n) is 2.66. The van der Waals surface area contributed by atoms with E-state index < -0.39 is 0 Å². The average Bonchev–Trinajstić information content (AvgIpc) is 2.52. The van der Waals surface area contributed by atoms with E-state index in [0.29, 0.717) is 6.10 Å². The van der Waals surface area contributed by atoms with Gasteiger partial charge in [-0.25, -0.2) is 0 Å². The summed E-state index contributed by atoms with van der Waals surface area (Å²) in [5, 5.41) is 3.46. The van der Waals surface area contributed by atoms with Crippen molar-refractivity contribution in [3.63, 3.8) is 0 Å². The molecule has 0 unspecified atom stereocenters. The molecule has 0 spiro atoms. The van der Waals surface area contributed by atoms with Crippen molar-refractivity contribution in [3.05, 3.63) is 29.8 Å². The SMILES string of the molecule is COc1ccc(CNCCCOC2CCCCC2)cc1. The minimum atomic E-state index is 0.533. The summed E-state index contributed by atoms with van der Waals surface area (Å²) < 4.78 is 11.1. The van der Waals surface area contributed by atoms with Crippen LogP contribution in [-0.2, 0) is 11.3 Å². The van der Waals surface area contributed by atoms with E-state index in [1.165, 1.54) is 37.7 Å². The molecule has 0 bridgehead atoms. The lowest BCUT2D eigenvalue weighted by Crippen LogP contribution is -2.20. The Balaban J connectivity index is 1.50. The zero-order valence-electron chi connectivity index (χ0n) is 12.6. The third-order valence-corrected chi connectivity index (χ3v) is 3.89. The molecule has 0 aliphatic heterocycles. The normalized spacial score (nSPS) is 16.2. The second-order valence-electron chi connectivity index (χ2n) is 5.51. The maximum absolute atomic E-state index is 5.91. The summed E-state index contributed by atoms with van der Waals surface area (Å²) in [7, 11) is 1.69. The lowest BCUT2D eigenvalue weighted by molar-refractivity contribution is 0.0273. The molecule has 0 saturated heterocycles. The molecule has 1 saturated carbocycles. The van der Waals surface area contributed by atoms with Crippen LogP contribution in [0.1, 0.15) is 44.1 Å². The Morgan fingerprint density at radius 2 is 1.85 bits per heavy atom. The topological polar surface area (TPSA) is 30.5 Å². The lowest BCUT2D eigenvalue weighted by atomic mass is 9.98. The van der Waals surface area contributed by atoms with Gasteiger partial charge in [-0.2, -0.15) is 0 Å². The summed E-state index contributed by atoms with van der Waals surface area (Å²) in [4.78, 5) is 0. The zero-order chi connectivity index (χ0) is 14.0. The van der Waals surface area contributed by atoms with Gasteiger partial charge in [0.2, 0.25) is 0 Å². The van der Waals surface area contributed by atoms with Crippen molar-refractivity contribution in [3.8, 4) is 5.75 Å². The van der Waals surface area contributed by atoms with Crippen LogP contribution in [0.15, 0.2) is 24.3 Å². The minimum Gasteiger partial charge on any atom is -0.497 e. The van der Waals surface area contributed by atoms with Gasteiger partial charge in [0.25, 0.3) is 0 Å². The number of hydrogen-bond donors (Lipinski definition) is 1. The number of hydrogen-bond acceptors (Lipinski definition) is 3. The van der Waals surface area contributed by atoms with Gasteiger partial charge in [0.15, 0.2) is 0 Å². The molecule has 1 aromatic carbocycles. The summed E-state index contributed by atoms with van der Waals surface area (Å²) in [6, 6.07) is 8.21. The summed E-state index contributed by atoms with van der Waals surface area (Å²) in [5.41, 5.74) is 1.29. The Hall–Kier alpha value is -1.06. The van der Waals surface area contributed by atoms with Crippen LogP contribution in [0.3, 0.4) is 0 Å². The predicted molar refractivity (Wildman–Crippen MR) is 82.1 cm³/mol. The molecule has 2 rings (SSSR count). The van der Waals surface area contributed by atoms with Crippen LogP contribution in [0, 0.1) is 0 Å². The first-order valence-corrected chi connectivity index (χ1v) is 7.84. The van der Waals surface area contributed by atoms with Crippen molar-refractivity contribution < 1.29 is 9.47 Å². The Morgan fingerprint density at radius 1 is 1.10 bits per heavy atom. The van der Waals surface area contributed by atoms with Crippen LogP contribution < -0.4 is 10.1 Å². The number of methoxy groups -OCH3 is 1. The molecule has 1 fully saturated rings. The van der Waals surface area contributed by atoms with Gasteiger partial charge < -0.3 is 14.8 Å². The standard InChI is InChI=1S/C17H27NO2/c1-19-16-10-8-15(9-11-16)14-18-12-5-13-20-17-6-3-2-4-7-17/h8-11,17-18H,2-7,12-14H2,1H3. The van der Waals surface area contributed by atoms with Crippen molar-refractivity contribution >= 4 is 0 Å². The van der Waals surface area contributed by atoms with E-state index in [4.69, 9.17) is 9.47 Å². The zero-order valence-corrected chi connectivity index (χ0v) is 12.6. The van der Waals surface area contributed by atoms with E-state index in [9.17, 15) is 0 Å². The van der Waals surface area contributed by atoms with Crippen LogP contribution in [-0.4, -0.2) is 26.4 Å². The molecule has 3 nitrogen and oxygen atoms in total. The van der Waals surface area contributed by atoms with E-state index in [0.717, 1.165) is 31.9 Å². The Bertz CT molecular complexity index is 358. The van der Waals surface area contributed by atoms with Crippen LogP contribution in [0.5, 0.6) is 5.75 Å². The molecule has 1 aromatic rings. The first-order valence-electron chi connectivity index (χ1n) is 7.84. The van der Waals surface area contributed by atoms with Crippen LogP contribution in [0.4, 0.5) is 0 Å². The minimum absolute atomic E-state index is 0.533. The molecule has 1 aliphatic rings. The van der Waals surface area contributed by atoms with Gasteiger partial charge in [-0.15, -0.1) is 0 Å². The van der Waals surface area contributed by atoms with E-state index in [-0.39, 0.29) is 0 Å². The van der Waals surface area contributed by atoms with Crippen molar-refractivity contribution in [2.45, 2.75) is 51.2 Å². The number of nitrogens with one attached hydrogen (secondary N) is 1. The second kappa shape index (κ2) is 8.98. The van der Waals surface area contributed by atoms with Gasteiger partial charge in [-0.1, -0.05) is 31.4 Å². The second-order valence-corrected chi connectivity index (χ2v) is 5.51.